The topological polar surface area (TPSA) is 63.3 Å². The summed E-state index contributed by atoms with van der Waals surface area (Å²) in [5.74, 6) is -0.924. The molecule has 0 unspecified atom stereocenters. The van der Waals surface area contributed by atoms with Crippen molar-refractivity contribution in [2.75, 3.05) is 0 Å². The van der Waals surface area contributed by atoms with E-state index >= 15 is 0 Å². The molecular weight excluding hydrogens is 130 g/mol. The minimum absolute atomic E-state index is 0.300. The first kappa shape index (κ1) is 9.43. The number of rotatable bonds is 3. The van der Waals surface area contributed by atoms with E-state index in [2.05, 4.69) is 0 Å². The Morgan fingerprint density at radius 3 is 2.20 bits per heavy atom. The summed E-state index contributed by atoms with van der Waals surface area (Å²) in [6.07, 6.45) is 0.778. The maximum atomic E-state index is 10.4. The van der Waals surface area contributed by atoms with E-state index in [9.17, 15) is 4.79 Å². The van der Waals surface area contributed by atoms with Gasteiger partial charge >= 0.3 is 5.97 Å². The Hall–Kier alpha value is -0.570. The van der Waals surface area contributed by atoms with Crippen LogP contribution >= 0.6 is 0 Å². The summed E-state index contributed by atoms with van der Waals surface area (Å²) in [5, 5.41) is 8.52. The average Bonchev–Trinajstić information content (AvgIpc) is 1.86. The lowest BCUT2D eigenvalue weighted by atomic mass is 9.82. The SMILES string of the molecule is CCC(C)(C)[C@H](N)C(=O)O. The quantitative estimate of drug-likeness (QED) is 0.618. The Kier molecular flexibility index (Phi) is 2.84. The Bertz CT molecular complexity index is 132. The number of carbonyl (C=O) groups is 1. The predicted molar refractivity (Wildman–Crippen MR) is 39.7 cm³/mol. The summed E-state index contributed by atoms with van der Waals surface area (Å²) in [6.45, 7) is 5.64. The van der Waals surface area contributed by atoms with Crippen LogP contribution in [0.4, 0.5) is 0 Å². The molecule has 0 saturated heterocycles. The molecule has 0 fully saturated rings. The first-order chi connectivity index (χ1) is 4.41. The molecule has 1 atom stereocenters. The minimum Gasteiger partial charge on any atom is -0.480 e. The van der Waals surface area contributed by atoms with Gasteiger partial charge in [0.1, 0.15) is 6.04 Å². The van der Waals surface area contributed by atoms with Gasteiger partial charge in [-0.3, -0.25) is 4.79 Å². The van der Waals surface area contributed by atoms with Crippen LogP contribution in [0.3, 0.4) is 0 Å². The molecule has 0 heterocycles. The largest absolute Gasteiger partial charge is 0.480 e. The molecule has 10 heavy (non-hydrogen) atoms. The zero-order chi connectivity index (χ0) is 8.36. The second-order valence-electron chi connectivity index (χ2n) is 3.16. The lowest BCUT2D eigenvalue weighted by molar-refractivity contribution is -0.141. The molecular formula is C7H15NO2. The van der Waals surface area contributed by atoms with Crippen LogP contribution in [-0.4, -0.2) is 17.1 Å². The summed E-state index contributed by atoms with van der Waals surface area (Å²) in [7, 11) is 0. The molecule has 3 heteroatoms. The van der Waals surface area contributed by atoms with Gasteiger partial charge in [0.2, 0.25) is 0 Å². The molecule has 0 rings (SSSR count). The summed E-state index contributed by atoms with van der Waals surface area (Å²) in [5.41, 5.74) is 5.11. The van der Waals surface area contributed by atoms with Gasteiger partial charge in [-0.25, -0.2) is 0 Å². The summed E-state index contributed by atoms with van der Waals surface area (Å²) >= 11 is 0. The number of hydrogen-bond donors (Lipinski definition) is 2. The molecule has 0 aromatic heterocycles. The van der Waals surface area contributed by atoms with Crippen LogP contribution in [0.2, 0.25) is 0 Å². The van der Waals surface area contributed by atoms with Gasteiger partial charge in [0, 0.05) is 0 Å². The fourth-order valence-electron chi connectivity index (χ4n) is 0.554. The van der Waals surface area contributed by atoms with E-state index in [-0.39, 0.29) is 5.41 Å². The van der Waals surface area contributed by atoms with Gasteiger partial charge in [-0.05, 0) is 11.8 Å². The van der Waals surface area contributed by atoms with Crippen LogP contribution in [-0.2, 0) is 4.79 Å². The number of nitrogens with two attached hydrogens (primary N) is 1. The molecule has 0 saturated carbocycles. The molecule has 60 valence electrons. The van der Waals surface area contributed by atoms with Gasteiger partial charge in [0.05, 0.1) is 0 Å². The van der Waals surface area contributed by atoms with E-state index in [0.29, 0.717) is 0 Å². The highest BCUT2D eigenvalue weighted by molar-refractivity contribution is 5.74. The van der Waals surface area contributed by atoms with Crippen molar-refractivity contribution in [3.05, 3.63) is 0 Å². The highest BCUT2D eigenvalue weighted by Gasteiger charge is 2.29. The smallest absolute Gasteiger partial charge is 0.321 e. The van der Waals surface area contributed by atoms with Crippen molar-refractivity contribution in [1.29, 1.82) is 0 Å². The van der Waals surface area contributed by atoms with Gasteiger partial charge in [-0.1, -0.05) is 20.8 Å². The Morgan fingerprint density at radius 2 is 2.10 bits per heavy atom. The number of carboxylic acid groups (broad SMARTS) is 1. The van der Waals surface area contributed by atoms with E-state index in [0.717, 1.165) is 6.42 Å². The van der Waals surface area contributed by atoms with Crippen molar-refractivity contribution in [2.45, 2.75) is 33.2 Å². The van der Waals surface area contributed by atoms with E-state index in [1.807, 2.05) is 20.8 Å². The van der Waals surface area contributed by atoms with Crippen LogP contribution in [0.5, 0.6) is 0 Å². The fourth-order valence-corrected chi connectivity index (χ4v) is 0.554. The Labute approximate surface area is 61.2 Å². The molecule has 0 aromatic rings. The third-order valence-corrected chi connectivity index (χ3v) is 2.02. The first-order valence-corrected chi connectivity index (χ1v) is 3.40. The maximum Gasteiger partial charge on any atom is 0.321 e. The summed E-state index contributed by atoms with van der Waals surface area (Å²) < 4.78 is 0. The third-order valence-electron chi connectivity index (χ3n) is 2.02. The number of hydrogen-bond acceptors (Lipinski definition) is 2. The van der Waals surface area contributed by atoms with Gasteiger partial charge < -0.3 is 10.8 Å². The highest BCUT2D eigenvalue weighted by Crippen LogP contribution is 2.22. The Morgan fingerprint density at radius 1 is 1.70 bits per heavy atom. The van der Waals surface area contributed by atoms with Crippen molar-refractivity contribution in [3.63, 3.8) is 0 Å². The van der Waals surface area contributed by atoms with Crippen LogP contribution in [0.25, 0.3) is 0 Å². The molecule has 0 amide bonds. The van der Waals surface area contributed by atoms with Gasteiger partial charge in [0.25, 0.3) is 0 Å². The van der Waals surface area contributed by atoms with Crippen LogP contribution in [0, 0.1) is 5.41 Å². The molecule has 3 nitrogen and oxygen atoms in total. The first-order valence-electron chi connectivity index (χ1n) is 3.40. The second-order valence-corrected chi connectivity index (χ2v) is 3.16. The Balaban J connectivity index is 4.17. The van der Waals surface area contributed by atoms with Gasteiger partial charge in [0.15, 0.2) is 0 Å². The van der Waals surface area contributed by atoms with Crippen LogP contribution in [0.1, 0.15) is 27.2 Å². The molecule has 0 aliphatic carbocycles. The van der Waals surface area contributed by atoms with Crippen LogP contribution < -0.4 is 5.73 Å². The lowest BCUT2D eigenvalue weighted by Crippen LogP contribution is -2.43. The molecule has 0 bridgehead atoms. The zero-order valence-electron chi connectivity index (χ0n) is 6.72. The number of carboxylic acids is 1. The van der Waals surface area contributed by atoms with Crippen molar-refractivity contribution in [3.8, 4) is 0 Å². The molecule has 0 aliphatic rings. The monoisotopic (exact) mass is 145 g/mol. The third kappa shape index (κ3) is 1.99. The minimum atomic E-state index is -0.924. The zero-order valence-corrected chi connectivity index (χ0v) is 6.72. The van der Waals surface area contributed by atoms with Gasteiger partial charge in [-0.2, -0.15) is 0 Å². The number of aliphatic carboxylic acids is 1. The fraction of sp³-hybridized carbons (Fsp3) is 0.857. The molecule has 0 aliphatic heterocycles. The highest BCUT2D eigenvalue weighted by atomic mass is 16.4. The van der Waals surface area contributed by atoms with Gasteiger partial charge in [-0.15, -0.1) is 0 Å². The van der Waals surface area contributed by atoms with E-state index < -0.39 is 12.0 Å². The molecule has 3 N–H and O–H groups in total. The van der Waals surface area contributed by atoms with Crippen molar-refractivity contribution in [1.82, 2.24) is 0 Å². The average molecular weight is 145 g/mol. The summed E-state index contributed by atoms with van der Waals surface area (Å²) in [4.78, 5) is 10.4. The predicted octanol–water partition coefficient (Wildman–Crippen LogP) is 0.834. The van der Waals surface area contributed by atoms with Crippen molar-refractivity contribution >= 4 is 5.97 Å². The molecule has 0 spiro atoms. The maximum absolute atomic E-state index is 10.4. The summed E-state index contributed by atoms with van der Waals surface area (Å²) in [6, 6.07) is -0.752. The molecule has 0 radical (unpaired) electrons. The van der Waals surface area contributed by atoms with E-state index in [1.165, 1.54) is 0 Å². The van der Waals surface area contributed by atoms with Crippen LogP contribution in [0.15, 0.2) is 0 Å². The van der Waals surface area contributed by atoms with Crippen molar-refractivity contribution < 1.29 is 9.90 Å². The second kappa shape index (κ2) is 3.01. The lowest BCUT2D eigenvalue weighted by Gasteiger charge is -2.26. The normalized spacial score (nSPS) is 14.8. The molecule has 0 aromatic carbocycles. The van der Waals surface area contributed by atoms with E-state index in [4.69, 9.17) is 10.8 Å². The van der Waals surface area contributed by atoms with E-state index in [1.54, 1.807) is 0 Å². The van der Waals surface area contributed by atoms with Crippen molar-refractivity contribution in [2.24, 2.45) is 11.1 Å². The standard InChI is InChI=1S/C7H15NO2/c1-4-7(2,3)5(8)6(9)10/h5H,4,8H2,1-3H3,(H,9,10)/t5-/m1/s1.